The summed E-state index contributed by atoms with van der Waals surface area (Å²) in [6.45, 7) is 2.26. The highest BCUT2D eigenvalue weighted by molar-refractivity contribution is 7.47. The van der Waals surface area contributed by atoms with Crippen molar-refractivity contribution in [3.63, 3.8) is 0 Å². The lowest BCUT2D eigenvalue weighted by atomic mass is 9.87. The van der Waals surface area contributed by atoms with Gasteiger partial charge in [-0.3, -0.25) is 28.2 Å². The summed E-state index contributed by atoms with van der Waals surface area (Å²) in [6.07, 6.45) is 28.1. The van der Waals surface area contributed by atoms with E-state index in [-0.39, 0.29) is 37.9 Å². The molecule has 0 radical (unpaired) electrons. The molecule has 62 heavy (non-hydrogen) atoms. The first kappa shape index (κ1) is 57.0. The Morgan fingerprint density at radius 1 is 0.726 bits per heavy atom. The summed E-state index contributed by atoms with van der Waals surface area (Å²) in [5.74, 6) is -3.82. The highest BCUT2D eigenvalue weighted by Gasteiger charge is 2.41. The number of phosphoric ester groups is 1. The third kappa shape index (κ3) is 29.4. The predicted octanol–water partition coefficient (Wildman–Crippen LogP) is 7.73. The second-order valence-electron chi connectivity index (χ2n) is 16.1. The lowest BCUT2D eigenvalue weighted by Gasteiger charge is -2.20. The van der Waals surface area contributed by atoms with Gasteiger partial charge < -0.3 is 40.5 Å². The number of phosphoric acid groups is 1. The number of carboxylic acid groups (broad SMARTS) is 1. The van der Waals surface area contributed by atoms with Gasteiger partial charge in [0, 0.05) is 43.9 Å². The van der Waals surface area contributed by atoms with Crippen molar-refractivity contribution in [2.75, 3.05) is 19.8 Å². The normalized spacial score (nSPS) is 20.6. The molecular formula is C46H78NO14P. The maximum atomic E-state index is 12.8. The standard InChI is InChI=1S/C46H78NO14P/c1-3-5-7-8-9-10-11-12-13-14-15-16-17-18-19-20-22-28-45(53)61-38(34-59-62(56,57)60-35-41(47)46(54)55)33-58-44(52)27-24-23-26-37(49)31-40-39(42(50)32-43(40)51)30-29-36(48)25-21-6-4-2/h9-10,12-13,15-16,29-30,36,38-43,48,50-51H,3-8,11,14,17-28,31-35,47H2,1-2H3,(H,54,55)(H,56,57)/b10-9-,13-12-,16-15-,30-29+/t36-,38+,39+,40+,41-,42+,43-/m0/s1. The van der Waals surface area contributed by atoms with Gasteiger partial charge in [0.2, 0.25) is 0 Å². The molecule has 0 aromatic heterocycles. The number of Topliss-reactive ketones (excluding diaryl/α,β-unsaturated/α-hetero) is 1. The Kier molecular flexibility index (Phi) is 32.5. The molecule has 8 atom stereocenters. The molecule has 0 spiro atoms. The van der Waals surface area contributed by atoms with E-state index in [0.29, 0.717) is 25.7 Å². The van der Waals surface area contributed by atoms with Crippen molar-refractivity contribution in [1.29, 1.82) is 0 Å². The summed E-state index contributed by atoms with van der Waals surface area (Å²) in [6, 6.07) is -1.58. The molecule has 0 aromatic rings. The van der Waals surface area contributed by atoms with Crippen LogP contribution in [0, 0.1) is 11.8 Å². The van der Waals surface area contributed by atoms with Crippen molar-refractivity contribution in [2.24, 2.45) is 17.6 Å². The summed E-state index contributed by atoms with van der Waals surface area (Å²) in [4.78, 5) is 59.1. The fourth-order valence-corrected chi connectivity index (χ4v) is 7.61. The second-order valence-corrected chi connectivity index (χ2v) is 17.6. The van der Waals surface area contributed by atoms with Gasteiger partial charge in [-0.2, -0.15) is 0 Å². The van der Waals surface area contributed by atoms with Crippen LogP contribution in [-0.2, 0) is 42.3 Å². The molecule has 0 saturated heterocycles. The molecule has 1 fully saturated rings. The molecule has 15 nitrogen and oxygen atoms in total. The van der Waals surface area contributed by atoms with Crippen molar-refractivity contribution >= 4 is 31.5 Å². The summed E-state index contributed by atoms with van der Waals surface area (Å²) < 4.78 is 32.6. The van der Waals surface area contributed by atoms with Crippen LogP contribution in [-0.4, -0.2) is 99.3 Å². The van der Waals surface area contributed by atoms with Gasteiger partial charge >= 0.3 is 25.7 Å². The van der Waals surface area contributed by atoms with Crippen LogP contribution in [0.2, 0.25) is 0 Å². The second kappa shape index (κ2) is 35.4. The number of allylic oxidation sites excluding steroid dienone is 6. The average Bonchev–Trinajstić information content (AvgIpc) is 3.49. The average molecular weight is 900 g/mol. The molecule has 1 saturated carbocycles. The molecule has 1 unspecified atom stereocenters. The van der Waals surface area contributed by atoms with Crippen LogP contribution in [0.5, 0.6) is 0 Å². The van der Waals surface area contributed by atoms with E-state index in [9.17, 15) is 44.0 Å². The Morgan fingerprint density at radius 3 is 1.95 bits per heavy atom. The number of hydrogen-bond acceptors (Lipinski definition) is 13. The number of nitrogens with two attached hydrogens (primary N) is 1. The number of hydrogen-bond donors (Lipinski definition) is 6. The number of ketones is 1. The maximum Gasteiger partial charge on any atom is 0.472 e. The van der Waals surface area contributed by atoms with Crippen LogP contribution in [0.3, 0.4) is 0 Å². The Hall–Kier alpha value is -3.01. The molecule has 356 valence electrons. The first-order valence-corrected chi connectivity index (χ1v) is 24.3. The number of rotatable bonds is 38. The van der Waals surface area contributed by atoms with Crippen LogP contribution in [0.25, 0.3) is 0 Å². The van der Waals surface area contributed by atoms with Gasteiger partial charge in [-0.1, -0.05) is 107 Å². The summed E-state index contributed by atoms with van der Waals surface area (Å²) in [5.41, 5.74) is 5.32. The Labute approximate surface area is 369 Å². The molecule has 0 bridgehead atoms. The minimum absolute atomic E-state index is 0.0462. The molecule has 1 aliphatic rings. The molecule has 0 amide bonds. The number of ether oxygens (including phenoxy) is 2. The van der Waals surface area contributed by atoms with Crippen LogP contribution in [0.4, 0.5) is 0 Å². The predicted molar refractivity (Wildman–Crippen MR) is 238 cm³/mol. The maximum absolute atomic E-state index is 12.8. The molecule has 1 aliphatic carbocycles. The van der Waals surface area contributed by atoms with E-state index < -0.39 is 87.8 Å². The van der Waals surface area contributed by atoms with Gasteiger partial charge in [-0.15, -0.1) is 0 Å². The molecule has 1 rings (SSSR count). The molecule has 16 heteroatoms. The first-order chi connectivity index (χ1) is 29.7. The fraction of sp³-hybridized carbons (Fsp3) is 0.739. The minimum Gasteiger partial charge on any atom is -0.480 e. The number of aliphatic hydroxyl groups is 3. The number of aliphatic carboxylic acids is 1. The van der Waals surface area contributed by atoms with E-state index in [1.165, 1.54) is 19.3 Å². The molecular weight excluding hydrogens is 821 g/mol. The molecule has 7 N–H and O–H groups in total. The Bertz CT molecular complexity index is 1420. The molecule has 0 aromatic carbocycles. The smallest absolute Gasteiger partial charge is 0.472 e. The van der Waals surface area contributed by atoms with Gasteiger partial charge in [-0.05, 0) is 64.2 Å². The largest absolute Gasteiger partial charge is 0.480 e. The Morgan fingerprint density at radius 2 is 1.29 bits per heavy atom. The van der Waals surface area contributed by atoms with Crippen molar-refractivity contribution in [2.45, 2.75) is 186 Å². The number of aliphatic hydroxyl groups excluding tert-OH is 3. The lowest BCUT2D eigenvalue weighted by molar-refractivity contribution is -0.161. The summed E-state index contributed by atoms with van der Waals surface area (Å²) >= 11 is 0. The molecule has 0 heterocycles. The number of carbonyl (C=O) groups excluding carboxylic acids is 3. The van der Waals surface area contributed by atoms with Gasteiger partial charge in [0.05, 0.1) is 31.5 Å². The van der Waals surface area contributed by atoms with E-state index in [1.54, 1.807) is 12.2 Å². The zero-order valence-electron chi connectivity index (χ0n) is 37.3. The zero-order chi connectivity index (χ0) is 46.0. The van der Waals surface area contributed by atoms with Crippen molar-refractivity contribution in [1.82, 2.24) is 0 Å². The topological polar surface area (TPSA) is 249 Å². The van der Waals surface area contributed by atoms with E-state index in [2.05, 4.69) is 54.8 Å². The monoisotopic (exact) mass is 900 g/mol. The van der Waals surface area contributed by atoms with E-state index in [1.807, 2.05) is 0 Å². The SMILES string of the molecule is CCCCC/C=C\C/C=C\C/C=C\CCCCCCC(=O)O[C@H](COC(=O)CCCCC(=O)C[C@@H]1[C@@H](/C=C/[C@@H](O)CCCCC)[C@H](O)C[C@@H]1O)COP(=O)(O)OC[C@H](N)C(=O)O. The van der Waals surface area contributed by atoms with E-state index >= 15 is 0 Å². The highest BCUT2D eigenvalue weighted by Crippen LogP contribution is 2.43. The third-order valence-corrected chi connectivity index (χ3v) is 11.5. The summed E-state index contributed by atoms with van der Waals surface area (Å²) in [7, 11) is -4.82. The van der Waals surface area contributed by atoms with Gasteiger partial charge in [0.25, 0.3) is 0 Å². The van der Waals surface area contributed by atoms with E-state index in [4.69, 9.17) is 24.8 Å². The van der Waals surface area contributed by atoms with Gasteiger partial charge in [0.15, 0.2) is 6.10 Å². The molecule has 0 aliphatic heterocycles. The fourth-order valence-electron chi connectivity index (χ4n) is 6.83. The van der Waals surface area contributed by atoms with Crippen LogP contribution in [0.15, 0.2) is 48.6 Å². The zero-order valence-corrected chi connectivity index (χ0v) is 38.2. The quantitative estimate of drug-likeness (QED) is 0.0150. The van der Waals surface area contributed by atoms with Crippen molar-refractivity contribution < 1.29 is 67.6 Å². The van der Waals surface area contributed by atoms with Crippen molar-refractivity contribution in [3.8, 4) is 0 Å². The number of carbonyl (C=O) groups is 4. The summed E-state index contributed by atoms with van der Waals surface area (Å²) in [5, 5.41) is 40.2. The Balaban J connectivity index is 2.52. The first-order valence-electron chi connectivity index (χ1n) is 22.8. The van der Waals surface area contributed by atoms with Gasteiger partial charge in [-0.25, -0.2) is 4.57 Å². The van der Waals surface area contributed by atoms with Crippen LogP contribution >= 0.6 is 7.82 Å². The minimum atomic E-state index is -4.82. The van der Waals surface area contributed by atoms with Crippen LogP contribution in [0.1, 0.15) is 155 Å². The number of esters is 2. The van der Waals surface area contributed by atoms with Crippen molar-refractivity contribution in [3.05, 3.63) is 48.6 Å². The third-order valence-electron chi connectivity index (χ3n) is 10.5. The number of unbranched alkanes of at least 4 members (excludes halogenated alkanes) is 10. The highest BCUT2D eigenvalue weighted by atomic mass is 31.2. The number of carboxylic acids is 1. The van der Waals surface area contributed by atoms with Crippen LogP contribution < -0.4 is 5.73 Å². The van der Waals surface area contributed by atoms with Gasteiger partial charge in [0.1, 0.15) is 18.4 Å². The lowest BCUT2D eigenvalue weighted by Crippen LogP contribution is -2.34. The van der Waals surface area contributed by atoms with E-state index in [0.717, 1.165) is 64.2 Å².